The van der Waals surface area contributed by atoms with E-state index in [4.69, 9.17) is 4.74 Å². The SMILES string of the molecule is CC.CCC(CC)(COC(C)C)C(=O)NCCN(C)C. The van der Waals surface area contributed by atoms with Crippen LogP contribution in [0.15, 0.2) is 0 Å². The highest BCUT2D eigenvalue weighted by molar-refractivity contribution is 5.82. The van der Waals surface area contributed by atoms with Crippen LogP contribution in [0.3, 0.4) is 0 Å². The van der Waals surface area contributed by atoms with E-state index in [1.54, 1.807) is 0 Å². The van der Waals surface area contributed by atoms with Gasteiger partial charge in [-0.2, -0.15) is 0 Å². The molecule has 0 aliphatic rings. The third-order valence-electron chi connectivity index (χ3n) is 3.37. The second-order valence-corrected chi connectivity index (χ2v) is 5.41. The topological polar surface area (TPSA) is 41.6 Å². The minimum Gasteiger partial charge on any atom is -0.378 e. The van der Waals surface area contributed by atoms with Crippen molar-refractivity contribution in [1.82, 2.24) is 10.2 Å². The maximum atomic E-state index is 12.3. The number of ether oxygens (including phenoxy) is 1. The van der Waals surface area contributed by atoms with Crippen LogP contribution in [0.4, 0.5) is 0 Å². The van der Waals surface area contributed by atoms with Gasteiger partial charge in [-0.3, -0.25) is 4.79 Å². The molecule has 122 valence electrons. The summed E-state index contributed by atoms with van der Waals surface area (Å²) in [6.45, 7) is 14.2. The summed E-state index contributed by atoms with van der Waals surface area (Å²) >= 11 is 0. The molecular weight excluding hydrogens is 252 g/mol. The van der Waals surface area contributed by atoms with Crippen LogP contribution in [-0.2, 0) is 9.53 Å². The number of rotatable bonds is 9. The fourth-order valence-corrected chi connectivity index (χ4v) is 1.75. The molecule has 0 heterocycles. The van der Waals surface area contributed by atoms with E-state index >= 15 is 0 Å². The molecule has 1 N–H and O–H groups in total. The number of nitrogens with zero attached hydrogens (tertiary/aromatic N) is 1. The molecule has 20 heavy (non-hydrogen) atoms. The lowest BCUT2D eigenvalue weighted by molar-refractivity contribution is -0.136. The van der Waals surface area contributed by atoms with Crippen molar-refractivity contribution in [2.75, 3.05) is 33.8 Å². The Balaban J connectivity index is 0. The molecule has 0 rings (SSSR count). The molecule has 0 aliphatic carbocycles. The number of likely N-dealkylation sites (N-methyl/N-ethyl adjacent to an activating group) is 1. The van der Waals surface area contributed by atoms with Crippen LogP contribution in [0.5, 0.6) is 0 Å². The Labute approximate surface area is 126 Å². The van der Waals surface area contributed by atoms with Crippen molar-refractivity contribution < 1.29 is 9.53 Å². The van der Waals surface area contributed by atoms with Crippen LogP contribution in [0.25, 0.3) is 0 Å². The zero-order valence-electron chi connectivity index (χ0n) is 14.9. The molecule has 0 aliphatic heterocycles. The number of carbonyl (C=O) groups excluding carboxylic acids is 1. The molecule has 0 spiro atoms. The quantitative estimate of drug-likeness (QED) is 0.709. The Hall–Kier alpha value is -0.610. The van der Waals surface area contributed by atoms with Crippen molar-refractivity contribution in [2.24, 2.45) is 5.41 Å². The third-order valence-corrected chi connectivity index (χ3v) is 3.37. The number of hydrogen-bond acceptors (Lipinski definition) is 3. The first kappa shape index (κ1) is 21.7. The summed E-state index contributed by atoms with van der Waals surface area (Å²) in [6.07, 6.45) is 1.78. The molecule has 0 aromatic heterocycles. The fourth-order valence-electron chi connectivity index (χ4n) is 1.75. The van der Waals surface area contributed by atoms with Crippen LogP contribution in [0.2, 0.25) is 0 Å². The number of nitrogens with one attached hydrogen (secondary N) is 1. The van der Waals surface area contributed by atoms with Crippen molar-refractivity contribution in [3.05, 3.63) is 0 Å². The van der Waals surface area contributed by atoms with Gasteiger partial charge >= 0.3 is 0 Å². The molecule has 0 fully saturated rings. The highest BCUT2D eigenvalue weighted by Crippen LogP contribution is 2.27. The average molecular weight is 288 g/mol. The first-order chi connectivity index (χ1) is 9.38. The van der Waals surface area contributed by atoms with E-state index in [-0.39, 0.29) is 17.4 Å². The summed E-state index contributed by atoms with van der Waals surface area (Å²) in [5.74, 6) is 0.120. The first-order valence-corrected chi connectivity index (χ1v) is 7.92. The fraction of sp³-hybridized carbons (Fsp3) is 0.938. The van der Waals surface area contributed by atoms with Crippen molar-refractivity contribution in [3.63, 3.8) is 0 Å². The molecule has 4 heteroatoms. The van der Waals surface area contributed by atoms with Crippen molar-refractivity contribution in [2.45, 2.75) is 60.5 Å². The summed E-state index contributed by atoms with van der Waals surface area (Å²) < 4.78 is 5.67. The van der Waals surface area contributed by atoms with E-state index in [1.807, 2.05) is 41.8 Å². The van der Waals surface area contributed by atoms with Gasteiger partial charge in [0.25, 0.3) is 0 Å². The van der Waals surface area contributed by atoms with E-state index in [0.717, 1.165) is 19.4 Å². The second kappa shape index (κ2) is 12.2. The van der Waals surface area contributed by atoms with E-state index in [9.17, 15) is 4.79 Å². The molecule has 0 unspecified atom stereocenters. The molecule has 1 amide bonds. The van der Waals surface area contributed by atoms with Gasteiger partial charge in [-0.15, -0.1) is 0 Å². The van der Waals surface area contributed by atoms with Gasteiger partial charge in [0, 0.05) is 13.1 Å². The predicted octanol–water partition coefficient (Wildman–Crippen LogP) is 2.92. The largest absolute Gasteiger partial charge is 0.378 e. The second-order valence-electron chi connectivity index (χ2n) is 5.41. The monoisotopic (exact) mass is 288 g/mol. The van der Waals surface area contributed by atoms with Gasteiger partial charge in [0.1, 0.15) is 0 Å². The van der Waals surface area contributed by atoms with E-state index < -0.39 is 0 Å². The molecule has 0 aromatic rings. The maximum absolute atomic E-state index is 12.3. The smallest absolute Gasteiger partial charge is 0.228 e. The lowest BCUT2D eigenvalue weighted by atomic mass is 9.82. The van der Waals surface area contributed by atoms with Crippen molar-refractivity contribution >= 4 is 5.91 Å². The highest BCUT2D eigenvalue weighted by Gasteiger charge is 2.35. The Morgan fingerprint density at radius 1 is 1.20 bits per heavy atom. The van der Waals surface area contributed by atoms with Gasteiger partial charge < -0.3 is 15.0 Å². The maximum Gasteiger partial charge on any atom is 0.228 e. The molecule has 0 saturated carbocycles. The first-order valence-electron chi connectivity index (χ1n) is 7.92. The van der Waals surface area contributed by atoms with E-state index in [1.165, 1.54) is 0 Å². The number of amides is 1. The lowest BCUT2D eigenvalue weighted by Crippen LogP contribution is -2.45. The summed E-state index contributed by atoms with van der Waals surface area (Å²) in [5, 5.41) is 3.02. The summed E-state index contributed by atoms with van der Waals surface area (Å²) in [7, 11) is 4.00. The molecule has 0 saturated heterocycles. The molecule has 0 aromatic carbocycles. The standard InChI is InChI=1S/C14H30N2O2.C2H6/c1-7-14(8-2,11-18-12(3)4)13(17)15-9-10-16(5)6;1-2/h12H,7-11H2,1-6H3,(H,15,17);1-2H3. The van der Waals surface area contributed by atoms with Crippen molar-refractivity contribution in [3.8, 4) is 0 Å². The van der Waals surface area contributed by atoms with Gasteiger partial charge in [0.05, 0.1) is 18.1 Å². The van der Waals surface area contributed by atoms with Crippen LogP contribution in [0, 0.1) is 5.41 Å². The normalized spacial score (nSPS) is 11.3. The van der Waals surface area contributed by atoms with Crippen LogP contribution >= 0.6 is 0 Å². The molecule has 4 nitrogen and oxygen atoms in total. The minimum atomic E-state index is -0.378. The molecular formula is C16H36N2O2. The third kappa shape index (κ3) is 8.54. The van der Waals surface area contributed by atoms with Gasteiger partial charge in [0.2, 0.25) is 5.91 Å². The summed E-state index contributed by atoms with van der Waals surface area (Å²) in [6, 6.07) is 0. The van der Waals surface area contributed by atoms with E-state index in [0.29, 0.717) is 13.2 Å². The number of carbonyl (C=O) groups is 1. The van der Waals surface area contributed by atoms with E-state index in [2.05, 4.69) is 24.1 Å². The molecule has 0 atom stereocenters. The van der Waals surface area contributed by atoms with Gasteiger partial charge in [-0.1, -0.05) is 27.7 Å². The lowest BCUT2D eigenvalue weighted by Gasteiger charge is -2.31. The predicted molar refractivity (Wildman–Crippen MR) is 87.0 cm³/mol. The van der Waals surface area contributed by atoms with Crippen molar-refractivity contribution in [1.29, 1.82) is 0 Å². The Morgan fingerprint density at radius 2 is 1.70 bits per heavy atom. The van der Waals surface area contributed by atoms with Gasteiger partial charge in [0.15, 0.2) is 0 Å². The van der Waals surface area contributed by atoms with Gasteiger partial charge in [-0.25, -0.2) is 0 Å². The van der Waals surface area contributed by atoms with Gasteiger partial charge in [-0.05, 0) is 40.8 Å². The molecule has 0 radical (unpaired) electrons. The summed E-state index contributed by atoms with van der Waals surface area (Å²) in [5.41, 5.74) is -0.378. The zero-order valence-corrected chi connectivity index (χ0v) is 14.9. The Bertz CT molecular complexity index is 237. The minimum absolute atomic E-state index is 0.120. The molecule has 0 bridgehead atoms. The Kier molecular flexibility index (Phi) is 13.2. The van der Waals surface area contributed by atoms with Crippen LogP contribution in [-0.4, -0.2) is 50.7 Å². The van der Waals surface area contributed by atoms with Crippen LogP contribution in [0.1, 0.15) is 54.4 Å². The number of hydrogen-bond donors (Lipinski definition) is 1. The summed E-state index contributed by atoms with van der Waals surface area (Å²) in [4.78, 5) is 14.4. The average Bonchev–Trinajstić information content (AvgIpc) is 2.42. The Morgan fingerprint density at radius 3 is 2.05 bits per heavy atom. The zero-order chi connectivity index (χ0) is 16.2. The van der Waals surface area contributed by atoms with Crippen LogP contribution < -0.4 is 5.32 Å². The highest BCUT2D eigenvalue weighted by atomic mass is 16.5.